The van der Waals surface area contributed by atoms with Gasteiger partial charge in [-0.1, -0.05) is 18.2 Å². The van der Waals surface area contributed by atoms with E-state index in [1.165, 1.54) is 47.4 Å². The lowest BCUT2D eigenvalue weighted by Crippen LogP contribution is -2.41. The number of thiophene rings is 1. The molecule has 0 aliphatic heterocycles. The van der Waals surface area contributed by atoms with Crippen LogP contribution in [-0.2, 0) is 26.3 Å². The highest BCUT2D eigenvalue weighted by atomic mass is 32.2. The molecule has 0 aliphatic rings. The maximum Gasteiger partial charge on any atom is 0.409 e. The molecule has 10 nitrogen and oxygen atoms in total. The molecule has 13 heteroatoms. The maximum absolute atomic E-state index is 13.0. The van der Waals surface area contributed by atoms with Gasteiger partial charge in [-0.15, -0.1) is 22.7 Å². The Morgan fingerprint density at radius 2 is 1.88 bits per heavy atom. The molecule has 3 aromatic rings. The molecule has 0 saturated heterocycles. The van der Waals surface area contributed by atoms with E-state index in [2.05, 4.69) is 4.74 Å². The minimum absolute atomic E-state index is 0.168. The van der Waals surface area contributed by atoms with Crippen molar-refractivity contribution < 1.29 is 27.3 Å². The predicted molar refractivity (Wildman–Crippen MR) is 131 cm³/mol. The molecular formula is C21H24N4O6S3. The molecule has 34 heavy (non-hydrogen) atoms. The summed E-state index contributed by atoms with van der Waals surface area (Å²) in [5.74, 6) is -0.298. The molecule has 0 bridgehead atoms. The number of amides is 2. The largest absolute Gasteiger partial charge is 0.453 e. The van der Waals surface area contributed by atoms with Crippen LogP contribution in [0.4, 0.5) is 10.5 Å². The van der Waals surface area contributed by atoms with Crippen LogP contribution < -0.4 is 4.72 Å². The molecule has 0 unspecified atom stereocenters. The SMILES string of the molecule is COC(=O)N(C)CC(=O)N(C)[C@@H](Cc1ccc(NS(=O)(=O)O)cc1)c1csc(-c2cccs2)n1. The Labute approximate surface area is 205 Å². The van der Waals surface area contributed by atoms with E-state index in [0.717, 1.165) is 15.4 Å². The highest BCUT2D eigenvalue weighted by Gasteiger charge is 2.26. The minimum Gasteiger partial charge on any atom is -0.453 e. The number of thiazole rings is 1. The van der Waals surface area contributed by atoms with Crippen molar-refractivity contribution in [3.05, 3.63) is 58.4 Å². The fourth-order valence-corrected chi connectivity index (χ4v) is 5.30. The van der Waals surface area contributed by atoms with Crippen LogP contribution in [0.1, 0.15) is 17.3 Å². The van der Waals surface area contributed by atoms with Crippen molar-refractivity contribution in [2.24, 2.45) is 0 Å². The molecule has 2 N–H and O–H groups in total. The average Bonchev–Trinajstić information content (AvgIpc) is 3.48. The molecule has 182 valence electrons. The fraction of sp³-hybridized carbons (Fsp3) is 0.286. The van der Waals surface area contributed by atoms with Gasteiger partial charge in [0, 0.05) is 19.5 Å². The molecule has 0 fully saturated rings. The van der Waals surface area contributed by atoms with Crippen LogP contribution in [0.15, 0.2) is 47.2 Å². The Morgan fingerprint density at radius 3 is 2.47 bits per heavy atom. The quantitative estimate of drug-likeness (QED) is 0.410. The number of likely N-dealkylation sites (N-methyl/N-ethyl adjacent to an activating group) is 2. The summed E-state index contributed by atoms with van der Waals surface area (Å²) in [4.78, 5) is 33.2. The lowest BCUT2D eigenvalue weighted by molar-refractivity contribution is -0.132. The summed E-state index contributed by atoms with van der Waals surface area (Å²) in [5, 5.41) is 4.71. The Morgan fingerprint density at radius 1 is 1.18 bits per heavy atom. The Hall–Kier alpha value is -3.00. The number of hydrogen-bond donors (Lipinski definition) is 2. The van der Waals surface area contributed by atoms with Crippen LogP contribution in [0.5, 0.6) is 0 Å². The van der Waals surface area contributed by atoms with Crippen LogP contribution in [0.3, 0.4) is 0 Å². The van der Waals surface area contributed by atoms with Crippen molar-refractivity contribution in [3.8, 4) is 9.88 Å². The van der Waals surface area contributed by atoms with Gasteiger partial charge < -0.3 is 14.5 Å². The molecule has 0 aliphatic carbocycles. The van der Waals surface area contributed by atoms with Crippen molar-refractivity contribution in [2.75, 3.05) is 32.5 Å². The molecule has 0 radical (unpaired) electrons. The van der Waals surface area contributed by atoms with E-state index in [4.69, 9.17) is 9.54 Å². The number of nitrogens with one attached hydrogen (secondary N) is 1. The van der Waals surface area contributed by atoms with Gasteiger partial charge in [0.15, 0.2) is 0 Å². The zero-order valence-corrected chi connectivity index (χ0v) is 21.1. The molecular weight excluding hydrogens is 500 g/mol. The second-order valence-electron chi connectivity index (χ2n) is 7.38. The van der Waals surface area contributed by atoms with Gasteiger partial charge in [-0.2, -0.15) is 8.42 Å². The van der Waals surface area contributed by atoms with Gasteiger partial charge in [0.05, 0.1) is 29.4 Å². The van der Waals surface area contributed by atoms with E-state index < -0.39 is 22.4 Å². The highest BCUT2D eigenvalue weighted by molar-refractivity contribution is 7.87. The lowest BCUT2D eigenvalue weighted by atomic mass is 10.0. The summed E-state index contributed by atoms with van der Waals surface area (Å²) in [6.07, 6.45) is -0.224. The first-order chi connectivity index (χ1) is 16.1. The van der Waals surface area contributed by atoms with Crippen molar-refractivity contribution in [2.45, 2.75) is 12.5 Å². The van der Waals surface area contributed by atoms with Crippen LogP contribution >= 0.6 is 22.7 Å². The van der Waals surface area contributed by atoms with Gasteiger partial charge >= 0.3 is 16.4 Å². The van der Waals surface area contributed by atoms with E-state index in [1.54, 1.807) is 30.5 Å². The zero-order valence-electron chi connectivity index (χ0n) is 18.7. The van der Waals surface area contributed by atoms with Gasteiger partial charge in [-0.05, 0) is 35.6 Å². The first-order valence-electron chi connectivity index (χ1n) is 9.95. The van der Waals surface area contributed by atoms with Gasteiger partial charge in [-0.3, -0.25) is 14.1 Å². The number of methoxy groups -OCH3 is 1. The number of aromatic nitrogens is 1. The predicted octanol–water partition coefficient (Wildman–Crippen LogP) is 3.53. The Kier molecular flexibility index (Phi) is 8.25. The summed E-state index contributed by atoms with van der Waals surface area (Å²) >= 11 is 3.05. The van der Waals surface area contributed by atoms with Crippen molar-refractivity contribution in [1.82, 2.24) is 14.8 Å². The summed E-state index contributed by atoms with van der Waals surface area (Å²) in [6.45, 7) is -0.168. The number of rotatable bonds is 9. The molecule has 3 rings (SSSR count). The molecule has 2 aromatic heterocycles. The highest BCUT2D eigenvalue weighted by Crippen LogP contribution is 2.32. The minimum atomic E-state index is -4.37. The van der Waals surface area contributed by atoms with Crippen LogP contribution in [0.2, 0.25) is 0 Å². The average molecular weight is 525 g/mol. The van der Waals surface area contributed by atoms with Gasteiger partial charge in [0.25, 0.3) is 0 Å². The number of ether oxygens (including phenoxy) is 1. The molecule has 1 atom stereocenters. The summed E-state index contributed by atoms with van der Waals surface area (Å²) in [6, 6.07) is 9.92. The number of carbonyl (C=O) groups is 2. The Bertz CT molecular complexity index is 1230. The van der Waals surface area contributed by atoms with E-state index in [0.29, 0.717) is 12.1 Å². The summed E-state index contributed by atoms with van der Waals surface area (Å²) in [7, 11) is 0.00122. The monoisotopic (exact) mass is 524 g/mol. The number of benzene rings is 1. The number of anilines is 1. The maximum atomic E-state index is 13.0. The fourth-order valence-electron chi connectivity index (χ4n) is 3.18. The van der Waals surface area contributed by atoms with Crippen molar-refractivity contribution in [3.63, 3.8) is 0 Å². The first kappa shape index (κ1) is 25.6. The van der Waals surface area contributed by atoms with E-state index in [1.807, 2.05) is 27.6 Å². The number of hydrogen-bond acceptors (Lipinski definition) is 8. The first-order valence-corrected chi connectivity index (χ1v) is 13.2. The molecule has 1 aromatic carbocycles. The second kappa shape index (κ2) is 11.0. The standard InChI is InChI=1S/C21H24N4O6S3/c1-24(21(27)31-3)12-19(26)25(2)17(16-13-33-20(22-16)18-5-4-10-32-18)11-14-6-8-15(9-7-14)23-34(28,29)30/h4-10,13,17,23H,11-12H2,1-3H3,(H,28,29,30)/t17-/m0/s1. The third-order valence-corrected chi connectivity index (χ3v) is 7.34. The lowest BCUT2D eigenvalue weighted by Gasteiger charge is -2.29. The van der Waals surface area contributed by atoms with Crippen LogP contribution in [0, 0.1) is 0 Å². The number of nitrogens with zero attached hydrogens (tertiary/aromatic N) is 3. The van der Waals surface area contributed by atoms with Gasteiger partial charge in [0.1, 0.15) is 11.6 Å². The van der Waals surface area contributed by atoms with E-state index >= 15 is 0 Å². The van der Waals surface area contributed by atoms with Crippen molar-refractivity contribution >= 4 is 50.7 Å². The molecule has 0 spiro atoms. The van der Waals surface area contributed by atoms with Gasteiger partial charge in [-0.25, -0.2) is 9.78 Å². The molecule has 0 saturated carbocycles. The van der Waals surface area contributed by atoms with E-state index in [-0.39, 0.29) is 18.1 Å². The van der Waals surface area contributed by atoms with Crippen LogP contribution in [-0.4, -0.2) is 67.5 Å². The molecule has 2 amide bonds. The summed E-state index contributed by atoms with van der Waals surface area (Å²) in [5.41, 5.74) is 1.73. The normalized spacial score (nSPS) is 12.1. The number of carbonyl (C=O) groups excluding carboxylic acids is 2. The smallest absolute Gasteiger partial charge is 0.409 e. The van der Waals surface area contributed by atoms with Crippen molar-refractivity contribution in [1.29, 1.82) is 0 Å². The zero-order chi connectivity index (χ0) is 24.9. The topological polar surface area (TPSA) is 129 Å². The molecule has 2 heterocycles. The van der Waals surface area contributed by atoms with Crippen LogP contribution in [0.25, 0.3) is 9.88 Å². The summed E-state index contributed by atoms with van der Waals surface area (Å²) < 4.78 is 37.7. The Balaban J connectivity index is 1.86. The third kappa shape index (κ3) is 6.76. The van der Waals surface area contributed by atoms with E-state index in [9.17, 15) is 18.0 Å². The second-order valence-corrected chi connectivity index (χ2v) is 10.3. The van der Waals surface area contributed by atoms with Gasteiger partial charge in [0.2, 0.25) is 5.91 Å². The third-order valence-electron chi connectivity index (χ3n) is 4.94.